The van der Waals surface area contributed by atoms with Crippen LogP contribution in [0.5, 0.6) is 0 Å². The monoisotopic (exact) mass is 561 g/mol. The summed E-state index contributed by atoms with van der Waals surface area (Å²) >= 11 is 0. The van der Waals surface area contributed by atoms with Crippen molar-refractivity contribution in [2.75, 3.05) is 20.1 Å². The number of rotatable bonds is 10. The Morgan fingerprint density at radius 1 is 0.878 bits per heavy atom. The molecule has 0 aromatic heterocycles. The minimum atomic E-state index is -0.917. The van der Waals surface area contributed by atoms with Crippen LogP contribution in [-0.2, 0) is 19.2 Å². The van der Waals surface area contributed by atoms with Crippen molar-refractivity contribution < 1.29 is 19.2 Å². The average Bonchev–Trinajstić information content (AvgIpc) is 3.33. The van der Waals surface area contributed by atoms with Crippen molar-refractivity contribution >= 4 is 23.6 Å². The smallest absolute Gasteiger partial charge is 0.247 e. The second-order valence-corrected chi connectivity index (χ2v) is 11.7. The average molecular weight is 562 g/mol. The van der Waals surface area contributed by atoms with Crippen LogP contribution in [0.1, 0.15) is 63.6 Å². The number of carbonyl (C=O) groups is 4. The van der Waals surface area contributed by atoms with Gasteiger partial charge in [0, 0.05) is 32.0 Å². The molecule has 0 saturated carbocycles. The molecule has 0 bridgehead atoms. The maximum Gasteiger partial charge on any atom is 0.247 e. The largest absolute Gasteiger partial charge is 0.343 e. The number of fused-ring (bicyclic) bond motifs is 1. The topological polar surface area (TPSA) is 111 Å². The maximum absolute atomic E-state index is 14.0. The molecular weight excluding hydrogens is 518 g/mol. The summed E-state index contributed by atoms with van der Waals surface area (Å²) in [5.41, 5.74) is 1.89. The molecule has 0 unspecified atom stereocenters. The molecule has 0 radical (unpaired) electrons. The van der Waals surface area contributed by atoms with Gasteiger partial charge in [-0.2, -0.15) is 0 Å². The van der Waals surface area contributed by atoms with Crippen LogP contribution < -0.4 is 16.0 Å². The van der Waals surface area contributed by atoms with Gasteiger partial charge in [-0.1, -0.05) is 74.5 Å². The van der Waals surface area contributed by atoms with Gasteiger partial charge in [0.1, 0.15) is 12.1 Å². The molecule has 2 aromatic rings. The summed E-state index contributed by atoms with van der Waals surface area (Å²) in [6.07, 6.45) is 1.65. The molecule has 3 N–H and O–H groups in total. The second kappa shape index (κ2) is 13.8. The van der Waals surface area contributed by atoms with Crippen LogP contribution in [0.2, 0.25) is 0 Å². The third-order valence-corrected chi connectivity index (χ3v) is 8.00. The van der Waals surface area contributed by atoms with Crippen LogP contribution in [0, 0.1) is 5.92 Å². The fourth-order valence-corrected chi connectivity index (χ4v) is 5.77. The summed E-state index contributed by atoms with van der Waals surface area (Å²) in [5, 5.41) is 9.12. The van der Waals surface area contributed by atoms with Gasteiger partial charge in [-0.25, -0.2) is 0 Å². The predicted molar refractivity (Wildman–Crippen MR) is 158 cm³/mol. The molecule has 2 aliphatic rings. The van der Waals surface area contributed by atoms with E-state index in [1.54, 1.807) is 16.8 Å². The second-order valence-electron chi connectivity index (χ2n) is 11.7. The van der Waals surface area contributed by atoms with Gasteiger partial charge in [0.25, 0.3) is 0 Å². The fraction of sp³-hybridized carbons (Fsp3) is 0.500. The van der Waals surface area contributed by atoms with E-state index in [0.29, 0.717) is 25.8 Å². The van der Waals surface area contributed by atoms with Crippen LogP contribution in [0.15, 0.2) is 60.7 Å². The molecule has 2 aliphatic heterocycles. The zero-order valence-corrected chi connectivity index (χ0v) is 24.5. The van der Waals surface area contributed by atoms with E-state index in [2.05, 4.69) is 16.0 Å². The summed E-state index contributed by atoms with van der Waals surface area (Å²) < 4.78 is 0. The number of hydrogen-bond acceptors (Lipinski definition) is 5. The van der Waals surface area contributed by atoms with E-state index in [-0.39, 0.29) is 60.6 Å². The first-order valence-corrected chi connectivity index (χ1v) is 14.6. The zero-order chi connectivity index (χ0) is 29.5. The van der Waals surface area contributed by atoms with E-state index in [4.69, 9.17) is 0 Å². The van der Waals surface area contributed by atoms with Gasteiger partial charge in [0.2, 0.25) is 23.6 Å². The lowest BCUT2D eigenvalue weighted by Gasteiger charge is -2.31. The number of hydrogen-bond donors (Lipinski definition) is 3. The van der Waals surface area contributed by atoms with Crippen molar-refractivity contribution in [1.82, 2.24) is 25.8 Å². The van der Waals surface area contributed by atoms with Crippen molar-refractivity contribution in [3.8, 4) is 0 Å². The van der Waals surface area contributed by atoms with Crippen molar-refractivity contribution in [3.63, 3.8) is 0 Å². The Bertz CT molecular complexity index is 1170. The van der Waals surface area contributed by atoms with Crippen molar-refractivity contribution in [1.29, 1.82) is 0 Å². The molecule has 220 valence electrons. The molecule has 0 aliphatic carbocycles. The molecule has 41 heavy (non-hydrogen) atoms. The SMILES string of the molecule is CN[C@H](C)CC(=O)N[C@@H]1CN(C(=O)CC(C)C)C[C@@H]2CC[C@H](C(=O)NC(c3ccccc3)c3ccccc3)N2C1=O. The van der Waals surface area contributed by atoms with Gasteiger partial charge in [0.05, 0.1) is 12.1 Å². The Labute approximate surface area is 243 Å². The van der Waals surface area contributed by atoms with Crippen LogP contribution in [0.4, 0.5) is 0 Å². The van der Waals surface area contributed by atoms with Crippen LogP contribution in [-0.4, -0.2) is 77.7 Å². The lowest BCUT2D eigenvalue weighted by molar-refractivity contribution is -0.142. The fourth-order valence-electron chi connectivity index (χ4n) is 5.77. The van der Waals surface area contributed by atoms with Crippen molar-refractivity contribution in [3.05, 3.63) is 71.8 Å². The molecule has 2 saturated heterocycles. The number of carbonyl (C=O) groups excluding carboxylic acids is 4. The summed E-state index contributed by atoms with van der Waals surface area (Å²) in [6.45, 7) is 6.30. The molecular formula is C32H43N5O4. The first-order chi connectivity index (χ1) is 19.7. The molecule has 4 atom stereocenters. The summed E-state index contributed by atoms with van der Waals surface area (Å²) in [6, 6.07) is 17.2. The third kappa shape index (κ3) is 7.52. The van der Waals surface area contributed by atoms with E-state index in [9.17, 15) is 19.2 Å². The molecule has 2 heterocycles. The minimum absolute atomic E-state index is 0.0430. The first kappa shape index (κ1) is 30.2. The van der Waals surface area contributed by atoms with Gasteiger partial charge in [-0.05, 0) is 43.9 Å². The third-order valence-electron chi connectivity index (χ3n) is 8.00. The highest BCUT2D eigenvalue weighted by molar-refractivity contribution is 5.94. The van der Waals surface area contributed by atoms with Crippen molar-refractivity contribution in [2.45, 2.75) is 76.7 Å². The molecule has 2 fully saturated rings. The van der Waals surface area contributed by atoms with E-state index >= 15 is 0 Å². The van der Waals surface area contributed by atoms with Crippen LogP contribution >= 0.6 is 0 Å². The highest BCUT2D eigenvalue weighted by Crippen LogP contribution is 2.30. The molecule has 4 rings (SSSR count). The molecule has 0 spiro atoms. The van der Waals surface area contributed by atoms with Gasteiger partial charge < -0.3 is 25.8 Å². The van der Waals surface area contributed by atoms with Gasteiger partial charge in [-0.15, -0.1) is 0 Å². The van der Waals surface area contributed by atoms with Gasteiger partial charge in [-0.3, -0.25) is 19.2 Å². The Morgan fingerprint density at radius 3 is 2.05 bits per heavy atom. The first-order valence-electron chi connectivity index (χ1n) is 14.6. The highest BCUT2D eigenvalue weighted by atomic mass is 16.2. The molecule has 4 amide bonds. The molecule has 9 nitrogen and oxygen atoms in total. The standard InChI is InChI=1S/C32H43N5O4/c1-21(2)17-29(39)36-19-25-15-16-27(37(25)32(41)26(20-36)34-28(38)18-22(3)33-4)31(40)35-30(23-11-7-5-8-12-23)24-13-9-6-10-14-24/h5-14,21-22,25-27,30,33H,15-20H2,1-4H3,(H,34,38)(H,35,40)/t22-,25+,26-,27-/m1/s1. The normalized spacial score (nSPS) is 21.4. The number of benzene rings is 2. The number of nitrogens with zero attached hydrogens (tertiary/aromatic N) is 2. The quantitative estimate of drug-likeness (QED) is 0.413. The van der Waals surface area contributed by atoms with Crippen LogP contribution in [0.25, 0.3) is 0 Å². The summed E-state index contributed by atoms with van der Waals surface area (Å²) in [7, 11) is 1.78. The van der Waals surface area contributed by atoms with Crippen LogP contribution in [0.3, 0.4) is 0 Å². The maximum atomic E-state index is 14.0. The molecule has 2 aromatic carbocycles. The summed E-state index contributed by atoms with van der Waals surface area (Å²) in [5.74, 6) is -0.702. The highest BCUT2D eigenvalue weighted by Gasteiger charge is 2.47. The van der Waals surface area contributed by atoms with E-state index in [1.165, 1.54) is 0 Å². The Morgan fingerprint density at radius 2 is 1.49 bits per heavy atom. The lowest BCUT2D eigenvalue weighted by Crippen LogP contribution is -2.56. The summed E-state index contributed by atoms with van der Waals surface area (Å²) in [4.78, 5) is 57.3. The zero-order valence-electron chi connectivity index (χ0n) is 24.5. The number of amides is 4. The van der Waals surface area contributed by atoms with Gasteiger partial charge in [0.15, 0.2) is 0 Å². The van der Waals surface area contributed by atoms with E-state index < -0.39 is 12.1 Å². The Kier molecular flexibility index (Phi) is 10.2. The Balaban J connectivity index is 1.59. The van der Waals surface area contributed by atoms with Crippen molar-refractivity contribution in [2.24, 2.45) is 5.92 Å². The van der Waals surface area contributed by atoms with Gasteiger partial charge >= 0.3 is 0 Å². The molecule has 9 heteroatoms. The van der Waals surface area contributed by atoms with E-state index in [1.807, 2.05) is 81.4 Å². The minimum Gasteiger partial charge on any atom is -0.343 e. The number of nitrogens with one attached hydrogen (secondary N) is 3. The predicted octanol–water partition coefficient (Wildman–Crippen LogP) is 2.62. The Hall–Kier alpha value is -3.72. The lowest BCUT2D eigenvalue weighted by atomic mass is 9.98. The van der Waals surface area contributed by atoms with E-state index in [0.717, 1.165) is 11.1 Å².